The number of anilines is 3. The van der Waals surface area contributed by atoms with Crippen molar-refractivity contribution < 1.29 is 19.1 Å². The van der Waals surface area contributed by atoms with E-state index in [1.807, 2.05) is 59.6 Å². The van der Waals surface area contributed by atoms with Crippen molar-refractivity contribution >= 4 is 85.9 Å². The van der Waals surface area contributed by atoms with Gasteiger partial charge in [0.1, 0.15) is 11.0 Å². The quantitative estimate of drug-likeness (QED) is 0.152. The first-order valence-corrected chi connectivity index (χ1v) is 15.1. The van der Waals surface area contributed by atoms with Crippen molar-refractivity contribution in [3.63, 3.8) is 0 Å². The Labute approximate surface area is 283 Å². The van der Waals surface area contributed by atoms with Gasteiger partial charge in [-0.05, 0) is 44.2 Å². The number of aromatic nitrogens is 8. The van der Waals surface area contributed by atoms with E-state index in [0.717, 1.165) is 33.4 Å². The number of nitrogens with zero attached hydrogens (tertiary/aromatic N) is 8. The monoisotopic (exact) mass is 698 g/mol. The zero-order valence-corrected chi connectivity index (χ0v) is 27.9. The number of rotatable bonds is 6. The number of hydrogen-bond acceptors (Lipinski definition) is 12. The number of carbonyl (C=O) groups is 2. The van der Waals surface area contributed by atoms with E-state index in [1.54, 1.807) is 26.5 Å². The maximum atomic E-state index is 12.0. The normalized spacial score (nSPS) is 10.4. The highest BCUT2D eigenvalue weighted by molar-refractivity contribution is 6.35. The molecule has 6 aromatic rings. The van der Waals surface area contributed by atoms with Gasteiger partial charge in [0.25, 0.3) is 0 Å². The standard InChI is InChI=1S/C15H14ClN5O2.C8H9N3.C7H6Cl2N2O2/c1-3-23-15(22)14-10(7-12(16)19-20-14)18-9-5-4-6-11-13(9)17-8-21(11)2;1-11-5-10-8-6(9)3-2-4-7(8)11;1-2-13-7(12)6-4(8)3-5(9)10-11-6/h4-8H,3H2,1-2H3,(H,18,19);2-5H,9H2,1H3;3H,2H2,1H3. The molecule has 4 aromatic heterocycles. The van der Waals surface area contributed by atoms with Crippen molar-refractivity contribution in [2.24, 2.45) is 14.1 Å². The van der Waals surface area contributed by atoms with Crippen LogP contribution in [0.1, 0.15) is 34.8 Å². The van der Waals surface area contributed by atoms with Gasteiger partial charge in [0, 0.05) is 20.2 Å². The lowest BCUT2D eigenvalue weighted by Crippen LogP contribution is -2.11. The largest absolute Gasteiger partial charge is 0.461 e. The van der Waals surface area contributed by atoms with Crippen LogP contribution < -0.4 is 11.1 Å². The first-order chi connectivity index (χ1) is 22.5. The molecule has 0 aliphatic heterocycles. The topological polar surface area (TPSA) is 178 Å². The van der Waals surface area contributed by atoms with E-state index in [-0.39, 0.29) is 39.9 Å². The number of para-hydroxylation sites is 2. The first-order valence-electron chi connectivity index (χ1n) is 13.9. The van der Waals surface area contributed by atoms with Crippen LogP contribution in [0.5, 0.6) is 0 Å². The number of imidazole rings is 2. The minimum absolute atomic E-state index is 0.0204. The summed E-state index contributed by atoms with van der Waals surface area (Å²) in [4.78, 5) is 31.7. The summed E-state index contributed by atoms with van der Waals surface area (Å²) in [6.45, 7) is 3.93. The number of esters is 2. The molecule has 0 fully saturated rings. The van der Waals surface area contributed by atoms with Crippen molar-refractivity contribution in [3.05, 3.63) is 87.9 Å². The number of halogens is 3. The van der Waals surface area contributed by atoms with E-state index in [9.17, 15) is 9.59 Å². The van der Waals surface area contributed by atoms with Crippen LogP contribution in [0.4, 0.5) is 17.1 Å². The van der Waals surface area contributed by atoms with Crippen LogP contribution in [0.15, 0.2) is 61.2 Å². The van der Waals surface area contributed by atoms with Crippen molar-refractivity contribution in [2.75, 3.05) is 24.3 Å². The van der Waals surface area contributed by atoms with Crippen LogP contribution in [0.3, 0.4) is 0 Å². The van der Waals surface area contributed by atoms with Crippen LogP contribution >= 0.6 is 34.8 Å². The number of aryl methyl sites for hydroxylation is 2. The highest BCUT2D eigenvalue weighted by Crippen LogP contribution is 2.27. The Hall–Kier alpha value is -5.05. The number of hydrogen-bond donors (Lipinski definition) is 2. The summed E-state index contributed by atoms with van der Waals surface area (Å²) in [5, 5.41) is 18.1. The van der Waals surface area contributed by atoms with Gasteiger partial charge in [0.15, 0.2) is 21.7 Å². The summed E-state index contributed by atoms with van der Waals surface area (Å²) in [5.74, 6) is -1.16. The van der Waals surface area contributed by atoms with Crippen molar-refractivity contribution in [2.45, 2.75) is 13.8 Å². The lowest BCUT2D eigenvalue weighted by molar-refractivity contribution is 0.0509. The molecule has 2 aromatic carbocycles. The molecule has 4 heterocycles. The minimum Gasteiger partial charge on any atom is -0.461 e. The van der Waals surface area contributed by atoms with E-state index in [2.05, 4.69) is 40.4 Å². The summed E-state index contributed by atoms with van der Waals surface area (Å²) < 4.78 is 13.5. The summed E-state index contributed by atoms with van der Waals surface area (Å²) in [6.07, 6.45) is 3.49. The lowest BCUT2D eigenvalue weighted by Gasteiger charge is -2.11. The highest BCUT2D eigenvalue weighted by atomic mass is 35.5. The number of carbonyl (C=O) groups excluding carboxylic acids is 2. The van der Waals surface area contributed by atoms with Crippen LogP contribution in [0.2, 0.25) is 15.3 Å². The Morgan fingerprint density at radius 2 is 1.28 bits per heavy atom. The highest BCUT2D eigenvalue weighted by Gasteiger charge is 2.18. The van der Waals surface area contributed by atoms with E-state index >= 15 is 0 Å². The molecule has 0 atom stereocenters. The second-order valence-electron chi connectivity index (χ2n) is 9.46. The summed E-state index contributed by atoms with van der Waals surface area (Å²) in [7, 11) is 3.86. The maximum absolute atomic E-state index is 12.0. The molecule has 0 amide bonds. The molecule has 17 heteroatoms. The predicted molar refractivity (Wildman–Crippen MR) is 180 cm³/mol. The van der Waals surface area contributed by atoms with Gasteiger partial charge in [-0.15, -0.1) is 20.4 Å². The molecule has 0 unspecified atom stereocenters. The third-order valence-corrected chi connectivity index (χ3v) is 6.89. The fourth-order valence-electron chi connectivity index (χ4n) is 4.08. The summed E-state index contributed by atoms with van der Waals surface area (Å²) in [5.41, 5.74) is 11.3. The second kappa shape index (κ2) is 16.0. The number of nitrogens with two attached hydrogens (primary N) is 1. The van der Waals surface area contributed by atoms with Gasteiger partial charge in [-0.3, -0.25) is 0 Å². The molecule has 0 aliphatic rings. The Kier molecular flexibility index (Phi) is 11.8. The van der Waals surface area contributed by atoms with Crippen LogP contribution in [0, 0.1) is 0 Å². The Bertz CT molecular complexity index is 2030. The number of ether oxygens (including phenoxy) is 2. The third kappa shape index (κ3) is 8.61. The number of nitrogens with one attached hydrogen (secondary N) is 1. The van der Waals surface area contributed by atoms with Crippen LogP contribution in [-0.4, -0.2) is 64.6 Å². The van der Waals surface area contributed by atoms with Gasteiger partial charge in [0.05, 0.1) is 59.0 Å². The van der Waals surface area contributed by atoms with Crippen molar-refractivity contribution in [3.8, 4) is 0 Å². The average Bonchev–Trinajstić information content (AvgIpc) is 3.61. The molecule has 244 valence electrons. The van der Waals surface area contributed by atoms with E-state index in [1.165, 1.54) is 12.1 Å². The molecule has 6 rings (SSSR count). The molecular weight excluding hydrogens is 671 g/mol. The van der Waals surface area contributed by atoms with Gasteiger partial charge in [-0.2, -0.15) is 0 Å². The van der Waals surface area contributed by atoms with Crippen LogP contribution in [-0.2, 0) is 23.6 Å². The van der Waals surface area contributed by atoms with Crippen molar-refractivity contribution in [1.82, 2.24) is 39.5 Å². The first kappa shape index (κ1) is 34.8. The SMILES string of the molecule is CCOC(=O)c1nnc(Cl)cc1Cl.CCOC(=O)c1nnc(Cl)cc1Nc1cccc2c1ncn2C.Cn1cnc2c(N)cccc21. The summed E-state index contributed by atoms with van der Waals surface area (Å²) in [6, 6.07) is 14.4. The molecule has 0 saturated carbocycles. The molecule has 0 saturated heterocycles. The lowest BCUT2D eigenvalue weighted by atomic mass is 10.2. The molecule has 3 N–H and O–H groups in total. The van der Waals surface area contributed by atoms with Crippen molar-refractivity contribution in [1.29, 1.82) is 0 Å². The number of fused-ring (bicyclic) bond motifs is 2. The van der Waals surface area contributed by atoms with E-state index in [0.29, 0.717) is 5.69 Å². The summed E-state index contributed by atoms with van der Waals surface area (Å²) >= 11 is 17.1. The molecule has 0 bridgehead atoms. The average molecular weight is 700 g/mol. The number of benzene rings is 2. The molecule has 0 aliphatic carbocycles. The molecular formula is C30H29Cl3N10O4. The van der Waals surface area contributed by atoms with E-state index < -0.39 is 11.9 Å². The van der Waals surface area contributed by atoms with Gasteiger partial charge in [-0.1, -0.05) is 46.9 Å². The second-order valence-corrected chi connectivity index (χ2v) is 10.6. The Morgan fingerprint density at radius 3 is 1.87 bits per heavy atom. The zero-order valence-electron chi connectivity index (χ0n) is 25.6. The van der Waals surface area contributed by atoms with Gasteiger partial charge >= 0.3 is 11.9 Å². The predicted octanol–water partition coefficient (Wildman–Crippen LogP) is 6.05. The maximum Gasteiger partial charge on any atom is 0.361 e. The fourth-order valence-corrected chi connectivity index (χ4v) is 4.65. The molecule has 0 spiro atoms. The molecule has 14 nitrogen and oxygen atoms in total. The smallest absolute Gasteiger partial charge is 0.361 e. The van der Waals surface area contributed by atoms with Gasteiger partial charge < -0.3 is 29.7 Å². The number of nitrogen functional groups attached to an aromatic ring is 1. The minimum atomic E-state index is -0.600. The van der Waals surface area contributed by atoms with E-state index in [4.69, 9.17) is 45.3 Å². The van der Waals surface area contributed by atoms with Gasteiger partial charge in [0.2, 0.25) is 0 Å². The molecule has 47 heavy (non-hydrogen) atoms. The third-order valence-electron chi connectivity index (χ3n) is 6.23. The Balaban J connectivity index is 0.000000176. The van der Waals surface area contributed by atoms with Gasteiger partial charge in [-0.25, -0.2) is 19.6 Å². The fraction of sp³-hybridized carbons (Fsp3) is 0.200. The van der Waals surface area contributed by atoms with Crippen LogP contribution in [0.25, 0.3) is 22.1 Å². The molecule has 0 radical (unpaired) electrons. The zero-order chi connectivity index (χ0) is 34.1. The Morgan fingerprint density at radius 1 is 0.745 bits per heavy atom.